The maximum Gasteiger partial charge on any atom is 0.194 e. The molecule has 1 aliphatic rings. The maximum absolute atomic E-state index is 5.20. The van der Waals surface area contributed by atoms with Gasteiger partial charge in [0.05, 0.1) is 12.2 Å². The van der Waals surface area contributed by atoms with E-state index in [1.807, 2.05) is 20.0 Å². The van der Waals surface area contributed by atoms with Crippen molar-refractivity contribution in [2.24, 2.45) is 10.4 Å². The Morgan fingerprint density at radius 2 is 2.42 bits per heavy atom. The van der Waals surface area contributed by atoms with Crippen molar-refractivity contribution < 1.29 is 4.52 Å². The summed E-state index contributed by atoms with van der Waals surface area (Å²) in [6, 6.07) is 1.94. The van der Waals surface area contributed by atoms with Crippen LogP contribution in [-0.2, 0) is 6.54 Å². The largest absolute Gasteiger partial charge is 0.359 e. The molecule has 1 atom stereocenters. The Morgan fingerprint density at radius 3 is 2.95 bits per heavy atom. The third kappa shape index (κ3) is 3.28. The van der Waals surface area contributed by atoms with Gasteiger partial charge in [-0.3, -0.25) is 4.99 Å². The maximum atomic E-state index is 5.20. The Hall–Kier alpha value is -1.52. The van der Waals surface area contributed by atoms with Crippen molar-refractivity contribution in [1.82, 2.24) is 15.4 Å². The van der Waals surface area contributed by atoms with E-state index in [4.69, 9.17) is 4.52 Å². The van der Waals surface area contributed by atoms with Gasteiger partial charge in [-0.15, -0.1) is 0 Å². The highest BCUT2D eigenvalue weighted by Gasteiger charge is 2.33. The van der Waals surface area contributed by atoms with Gasteiger partial charge >= 0.3 is 0 Å². The molecule has 1 aliphatic heterocycles. The number of nitrogens with one attached hydrogen (secondary N) is 1. The summed E-state index contributed by atoms with van der Waals surface area (Å²) in [5.41, 5.74) is 1.33. The van der Waals surface area contributed by atoms with Crippen LogP contribution >= 0.6 is 0 Å². The number of likely N-dealkylation sites (tertiary alicyclic amines) is 1. The van der Waals surface area contributed by atoms with E-state index in [0.29, 0.717) is 12.0 Å². The molecule has 1 N–H and O–H groups in total. The van der Waals surface area contributed by atoms with Crippen molar-refractivity contribution in [3.63, 3.8) is 0 Å². The lowest BCUT2D eigenvalue weighted by Gasteiger charge is -2.25. The zero-order chi connectivity index (χ0) is 13.9. The smallest absolute Gasteiger partial charge is 0.194 e. The first kappa shape index (κ1) is 13.9. The van der Waals surface area contributed by atoms with Crippen molar-refractivity contribution in [2.75, 3.05) is 20.1 Å². The zero-order valence-corrected chi connectivity index (χ0v) is 12.4. The van der Waals surface area contributed by atoms with Crippen LogP contribution < -0.4 is 5.32 Å². The Morgan fingerprint density at radius 1 is 1.63 bits per heavy atom. The summed E-state index contributed by atoms with van der Waals surface area (Å²) in [4.78, 5) is 6.69. The lowest BCUT2D eigenvalue weighted by molar-refractivity contribution is 0.320. The highest BCUT2D eigenvalue weighted by molar-refractivity contribution is 5.80. The van der Waals surface area contributed by atoms with Gasteiger partial charge in [0.25, 0.3) is 0 Å². The Bertz CT molecular complexity index is 454. The van der Waals surface area contributed by atoms with Gasteiger partial charge in [-0.2, -0.15) is 0 Å². The van der Waals surface area contributed by atoms with Gasteiger partial charge in [0, 0.05) is 26.2 Å². The number of hydrogen-bond donors (Lipinski definition) is 1. The molecule has 0 bridgehead atoms. The molecule has 1 aromatic rings. The average molecular weight is 264 g/mol. The standard InChI is InChI=1S/C14H24N4O/c1-5-14(3)6-7-18(10-14)13(15-4)16-9-12-8-11(2)17-19-12/h8H,5-7,9-10H2,1-4H3,(H,15,16). The third-order valence-electron chi connectivity index (χ3n) is 4.02. The van der Waals surface area contributed by atoms with E-state index < -0.39 is 0 Å². The first-order valence-electron chi connectivity index (χ1n) is 6.94. The van der Waals surface area contributed by atoms with Crippen LogP contribution in [0.4, 0.5) is 0 Å². The van der Waals surface area contributed by atoms with Crippen LogP contribution in [0.3, 0.4) is 0 Å². The lowest BCUT2D eigenvalue weighted by Crippen LogP contribution is -2.40. The normalized spacial score (nSPS) is 24.0. The van der Waals surface area contributed by atoms with Gasteiger partial charge in [0.15, 0.2) is 11.7 Å². The van der Waals surface area contributed by atoms with Gasteiger partial charge in [-0.05, 0) is 25.2 Å². The quantitative estimate of drug-likeness (QED) is 0.671. The third-order valence-corrected chi connectivity index (χ3v) is 4.02. The monoisotopic (exact) mass is 264 g/mol. The van der Waals surface area contributed by atoms with Crippen molar-refractivity contribution in [1.29, 1.82) is 0 Å². The second kappa shape index (κ2) is 5.63. The van der Waals surface area contributed by atoms with E-state index in [1.54, 1.807) is 0 Å². The minimum Gasteiger partial charge on any atom is -0.359 e. The summed E-state index contributed by atoms with van der Waals surface area (Å²) in [5.74, 6) is 1.79. The average Bonchev–Trinajstić information content (AvgIpc) is 2.98. The highest BCUT2D eigenvalue weighted by Crippen LogP contribution is 2.32. The van der Waals surface area contributed by atoms with Crippen LogP contribution in [0.2, 0.25) is 0 Å². The van der Waals surface area contributed by atoms with E-state index in [9.17, 15) is 0 Å². The Balaban J connectivity index is 1.91. The molecule has 5 heteroatoms. The molecule has 0 saturated carbocycles. The van der Waals surface area contributed by atoms with Crippen molar-refractivity contribution in [3.05, 3.63) is 17.5 Å². The second-order valence-corrected chi connectivity index (χ2v) is 5.67. The predicted molar refractivity (Wildman–Crippen MR) is 76.0 cm³/mol. The van der Waals surface area contributed by atoms with E-state index in [2.05, 4.69) is 34.2 Å². The molecule has 5 nitrogen and oxygen atoms in total. The van der Waals surface area contributed by atoms with Crippen molar-refractivity contribution in [2.45, 2.75) is 40.2 Å². The van der Waals surface area contributed by atoms with Gasteiger partial charge in [-0.1, -0.05) is 19.0 Å². The highest BCUT2D eigenvalue weighted by atomic mass is 16.5. The van der Waals surface area contributed by atoms with E-state index >= 15 is 0 Å². The summed E-state index contributed by atoms with van der Waals surface area (Å²) in [6.45, 7) is 9.30. The first-order chi connectivity index (χ1) is 9.06. The molecular formula is C14H24N4O. The number of nitrogens with zero attached hydrogens (tertiary/aromatic N) is 3. The molecule has 0 aliphatic carbocycles. The summed E-state index contributed by atoms with van der Waals surface area (Å²) in [5, 5.41) is 7.23. The predicted octanol–water partition coefficient (Wildman–Crippen LogP) is 2.18. The molecule has 0 aromatic carbocycles. The molecule has 19 heavy (non-hydrogen) atoms. The molecule has 1 saturated heterocycles. The van der Waals surface area contributed by atoms with Crippen LogP contribution in [-0.4, -0.2) is 36.2 Å². The fourth-order valence-electron chi connectivity index (χ4n) is 2.49. The molecular weight excluding hydrogens is 240 g/mol. The molecule has 2 heterocycles. The van der Waals surface area contributed by atoms with Crippen LogP contribution in [0, 0.1) is 12.3 Å². The van der Waals surface area contributed by atoms with Crippen LogP contribution in [0.5, 0.6) is 0 Å². The number of hydrogen-bond acceptors (Lipinski definition) is 3. The van der Waals surface area contributed by atoms with Crippen LogP contribution in [0.1, 0.15) is 38.1 Å². The van der Waals surface area contributed by atoms with Crippen LogP contribution in [0.15, 0.2) is 15.6 Å². The number of rotatable bonds is 3. The Labute approximate surface area is 115 Å². The molecule has 106 valence electrons. The fourth-order valence-corrected chi connectivity index (χ4v) is 2.49. The fraction of sp³-hybridized carbons (Fsp3) is 0.714. The number of aryl methyl sites for hydroxylation is 1. The van der Waals surface area contributed by atoms with E-state index in [0.717, 1.165) is 30.5 Å². The number of aliphatic imine (C=N–C) groups is 1. The molecule has 1 fully saturated rings. The van der Waals surface area contributed by atoms with Gasteiger partial charge < -0.3 is 14.7 Å². The molecule has 2 rings (SSSR count). The van der Waals surface area contributed by atoms with Crippen molar-refractivity contribution in [3.8, 4) is 0 Å². The lowest BCUT2D eigenvalue weighted by atomic mass is 9.87. The molecule has 0 amide bonds. The number of aromatic nitrogens is 1. The Kier molecular flexibility index (Phi) is 4.12. The van der Waals surface area contributed by atoms with Crippen LogP contribution in [0.25, 0.3) is 0 Å². The minimum absolute atomic E-state index is 0.417. The summed E-state index contributed by atoms with van der Waals surface area (Å²) < 4.78 is 5.20. The topological polar surface area (TPSA) is 53.7 Å². The van der Waals surface area contributed by atoms with Gasteiger partial charge in [-0.25, -0.2) is 0 Å². The van der Waals surface area contributed by atoms with Crippen molar-refractivity contribution >= 4 is 5.96 Å². The molecule has 1 aromatic heterocycles. The van der Waals surface area contributed by atoms with E-state index in [1.165, 1.54) is 12.8 Å². The first-order valence-corrected chi connectivity index (χ1v) is 6.94. The zero-order valence-electron chi connectivity index (χ0n) is 12.4. The van der Waals surface area contributed by atoms with E-state index in [-0.39, 0.29) is 0 Å². The van der Waals surface area contributed by atoms with Gasteiger partial charge in [0.1, 0.15) is 0 Å². The summed E-state index contributed by atoms with van der Waals surface area (Å²) in [7, 11) is 1.83. The molecule has 0 radical (unpaired) electrons. The molecule has 1 unspecified atom stereocenters. The second-order valence-electron chi connectivity index (χ2n) is 5.67. The minimum atomic E-state index is 0.417. The number of guanidine groups is 1. The molecule has 0 spiro atoms. The summed E-state index contributed by atoms with van der Waals surface area (Å²) in [6.07, 6.45) is 2.44. The summed E-state index contributed by atoms with van der Waals surface area (Å²) >= 11 is 0. The SMILES string of the molecule is CCC1(C)CCN(C(=NC)NCc2cc(C)no2)C1. The van der Waals surface area contributed by atoms with Gasteiger partial charge in [0.2, 0.25) is 0 Å².